The predicted octanol–water partition coefficient (Wildman–Crippen LogP) is 2.73. The van der Waals surface area contributed by atoms with Gasteiger partial charge in [-0.1, -0.05) is 18.5 Å². The summed E-state index contributed by atoms with van der Waals surface area (Å²) in [5.41, 5.74) is 7.05. The molecule has 4 rings (SSSR count). The summed E-state index contributed by atoms with van der Waals surface area (Å²) in [5.74, 6) is -0.0363. The lowest BCUT2D eigenvalue weighted by atomic mass is 10.0. The number of imidazole rings is 1. The van der Waals surface area contributed by atoms with E-state index >= 15 is 0 Å². The minimum absolute atomic E-state index is 0.0742. The number of esters is 1. The normalized spacial score (nSPS) is 17.3. The maximum Gasteiger partial charge on any atom is 0.338 e. The van der Waals surface area contributed by atoms with Crippen molar-refractivity contribution in [2.24, 2.45) is 5.92 Å². The first-order valence-corrected chi connectivity index (χ1v) is 12.5. The van der Waals surface area contributed by atoms with Gasteiger partial charge in [0.1, 0.15) is 16.7 Å². The molecule has 0 radical (unpaired) electrons. The van der Waals surface area contributed by atoms with Gasteiger partial charge in [-0.05, 0) is 43.4 Å². The number of anilines is 1. The summed E-state index contributed by atoms with van der Waals surface area (Å²) in [7, 11) is -3.80. The highest BCUT2D eigenvalue weighted by molar-refractivity contribution is 7.89. The smallest absolute Gasteiger partial charge is 0.338 e. The number of piperidine rings is 1. The highest BCUT2D eigenvalue weighted by Crippen LogP contribution is 2.29. The van der Waals surface area contributed by atoms with Gasteiger partial charge >= 0.3 is 5.97 Å². The van der Waals surface area contributed by atoms with Gasteiger partial charge in [-0.15, -0.1) is 0 Å². The summed E-state index contributed by atoms with van der Waals surface area (Å²) in [6.45, 7) is 3.54. The van der Waals surface area contributed by atoms with Crippen molar-refractivity contribution in [3.63, 3.8) is 0 Å². The lowest BCUT2D eigenvalue weighted by Crippen LogP contribution is -2.39. The lowest BCUT2D eigenvalue weighted by molar-refractivity contribution is 0.0496. The third-order valence-electron chi connectivity index (χ3n) is 5.61. The van der Waals surface area contributed by atoms with Gasteiger partial charge in [0.25, 0.3) is 0 Å². The van der Waals surface area contributed by atoms with Gasteiger partial charge < -0.3 is 15.0 Å². The second-order valence-corrected chi connectivity index (χ2v) is 10.4. The largest absolute Gasteiger partial charge is 0.462 e. The van der Waals surface area contributed by atoms with Crippen molar-refractivity contribution in [2.75, 3.05) is 25.4 Å². The summed E-state index contributed by atoms with van der Waals surface area (Å²) in [5, 5.41) is 0.0815. The molecule has 1 fully saturated rings. The highest BCUT2D eigenvalue weighted by atomic mass is 35.5. The Bertz CT molecular complexity index is 1280. The molecule has 33 heavy (non-hydrogen) atoms. The summed E-state index contributed by atoms with van der Waals surface area (Å²) in [6.07, 6.45) is 5.26. The molecule has 3 aromatic rings. The molecule has 12 heteroatoms. The fourth-order valence-electron chi connectivity index (χ4n) is 3.88. The number of carbonyl (C=O) groups is 1. The van der Waals surface area contributed by atoms with E-state index in [-0.39, 0.29) is 28.0 Å². The highest BCUT2D eigenvalue weighted by Gasteiger charge is 2.31. The molecule has 0 saturated carbocycles. The van der Waals surface area contributed by atoms with Crippen LogP contribution in [0.5, 0.6) is 0 Å². The number of hydrogen-bond donors (Lipinski definition) is 1. The van der Waals surface area contributed by atoms with Crippen molar-refractivity contribution in [1.29, 1.82) is 0 Å². The minimum Gasteiger partial charge on any atom is -0.462 e. The molecule has 3 heterocycles. The van der Waals surface area contributed by atoms with E-state index in [1.807, 2.05) is 6.92 Å². The van der Waals surface area contributed by atoms with Crippen LogP contribution in [0.25, 0.3) is 11.2 Å². The van der Waals surface area contributed by atoms with Crippen LogP contribution in [-0.4, -0.2) is 57.9 Å². The van der Waals surface area contributed by atoms with Gasteiger partial charge in [0.15, 0.2) is 11.5 Å². The van der Waals surface area contributed by atoms with Crippen molar-refractivity contribution in [1.82, 2.24) is 23.8 Å². The Labute approximate surface area is 196 Å². The summed E-state index contributed by atoms with van der Waals surface area (Å²) >= 11 is 6.20. The van der Waals surface area contributed by atoms with Gasteiger partial charge in [-0.2, -0.15) is 4.31 Å². The van der Waals surface area contributed by atoms with Crippen molar-refractivity contribution in [3.05, 3.63) is 41.4 Å². The standard InChI is InChI=1S/C21H25ClN6O4S/c1-14-4-2-8-28(11-14)33(30,31)17-10-15(5-6-16(17)22)21(29)32-9-3-7-27-13-26-18-19(23)24-12-25-20(18)27/h5-6,10,12-14H,2-4,7-9,11H2,1H3,(H2,23,24,25). The number of nitrogens with zero attached hydrogens (tertiary/aromatic N) is 5. The number of halogens is 1. The van der Waals surface area contributed by atoms with Crippen LogP contribution in [0.1, 0.15) is 36.5 Å². The quantitative estimate of drug-likeness (QED) is 0.393. The van der Waals surface area contributed by atoms with Gasteiger partial charge in [0.05, 0.1) is 23.5 Å². The summed E-state index contributed by atoms with van der Waals surface area (Å²) < 4.78 is 34.8. The van der Waals surface area contributed by atoms with E-state index in [1.54, 1.807) is 10.9 Å². The number of sulfonamides is 1. The number of ether oxygens (including phenoxy) is 1. The maximum absolute atomic E-state index is 13.1. The number of nitrogens with two attached hydrogens (primary N) is 1. The number of carbonyl (C=O) groups excluding carboxylic acids is 1. The Balaban J connectivity index is 1.40. The molecule has 0 amide bonds. The lowest BCUT2D eigenvalue weighted by Gasteiger charge is -2.30. The van der Waals surface area contributed by atoms with Crippen LogP contribution in [0.2, 0.25) is 5.02 Å². The molecule has 1 unspecified atom stereocenters. The second-order valence-electron chi connectivity index (χ2n) is 8.11. The summed E-state index contributed by atoms with van der Waals surface area (Å²) in [4.78, 5) is 24.8. The third kappa shape index (κ3) is 4.94. The molecule has 2 aromatic heterocycles. The first kappa shape index (κ1) is 23.4. The Kier molecular flexibility index (Phi) is 6.82. The SMILES string of the molecule is CC1CCCN(S(=O)(=O)c2cc(C(=O)OCCCn3cnc4c(N)ncnc43)ccc2Cl)C1. The molecule has 1 aliphatic heterocycles. The number of hydrogen-bond acceptors (Lipinski definition) is 8. The Hall–Kier alpha value is -2.76. The zero-order chi connectivity index (χ0) is 23.6. The van der Waals surface area contributed by atoms with Gasteiger partial charge in [0.2, 0.25) is 10.0 Å². The molecule has 10 nitrogen and oxygen atoms in total. The van der Waals surface area contributed by atoms with E-state index in [9.17, 15) is 13.2 Å². The van der Waals surface area contributed by atoms with Gasteiger partial charge in [0, 0.05) is 19.6 Å². The molecular weight excluding hydrogens is 468 g/mol. The van der Waals surface area contributed by atoms with Crippen LogP contribution in [0.15, 0.2) is 35.7 Å². The van der Waals surface area contributed by atoms with Crippen molar-refractivity contribution in [2.45, 2.75) is 37.6 Å². The van der Waals surface area contributed by atoms with Crippen molar-refractivity contribution < 1.29 is 17.9 Å². The van der Waals surface area contributed by atoms with Crippen LogP contribution < -0.4 is 5.73 Å². The zero-order valence-corrected chi connectivity index (χ0v) is 19.7. The van der Waals surface area contributed by atoms with E-state index in [0.29, 0.717) is 43.0 Å². The first-order valence-electron chi connectivity index (χ1n) is 10.7. The molecule has 1 atom stereocenters. The van der Waals surface area contributed by atoms with Crippen LogP contribution in [0.3, 0.4) is 0 Å². The molecule has 1 aliphatic rings. The fourth-order valence-corrected chi connectivity index (χ4v) is 5.98. The maximum atomic E-state index is 13.1. The Morgan fingerprint density at radius 3 is 2.91 bits per heavy atom. The average molecular weight is 493 g/mol. The van der Waals surface area contributed by atoms with E-state index in [0.717, 1.165) is 12.8 Å². The molecule has 0 bridgehead atoms. The van der Waals surface area contributed by atoms with Gasteiger partial charge in [-0.3, -0.25) is 0 Å². The van der Waals surface area contributed by atoms with Crippen LogP contribution in [0.4, 0.5) is 5.82 Å². The molecule has 176 valence electrons. The first-order chi connectivity index (χ1) is 15.8. The Morgan fingerprint density at radius 1 is 1.30 bits per heavy atom. The molecule has 1 saturated heterocycles. The van der Waals surface area contributed by atoms with Crippen LogP contribution in [-0.2, 0) is 21.3 Å². The predicted molar refractivity (Wildman–Crippen MR) is 123 cm³/mol. The van der Waals surface area contributed by atoms with Gasteiger partial charge in [-0.25, -0.2) is 28.2 Å². The van der Waals surface area contributed by atoms with Crippen molar-refractivity contribution >= 4 is 44.6 Å². The van der Waals surface area contributed by atoms with Crippen LogP contribution in [0, 0.1) is 5.92 Å². The molecule has 0 spiro atoms. The number of benzene rings is 1. The Morgan fingerprint density at radius 2 is 2.12 bits per heavy atom. The number of aryl methyl sites for hydroxylation is 1. The average Bonchev–Trinajstić information content (AvgIpc) is 3.21. The van der Waals surface area contributed by atoms with E-state index < -0.39 is 16.0 Å². The second kappa shape index (κ2) is 9.62. The number of rotatable bonds is 7. The number of nitrogen functional groups attached to an aromatic ring is 1. The van der Waals surface area contributed by atoms with E-state index in [4.69, 9.17) is 22.1 Å². The third-order valence-corrected chi connectivity index (χ3v) is 7.96. The van der Waals surface area contributed by atoms with E-state index in [2.05, 4.69) is 15.0 Å². The fraction of sp³-hybridized carbons (Fsp3) is 0.429. The molecule has 1 aromatic carbocycles. The monoisotopic (exact) mass is 492 g/mol. The van der Waals surface area contributed by atoms with Crippen LogP contribution >= 0.6 is 11.6 Å². The molecule has 2 N–H and O–H groups in total. The molecule has 0 aliphatic carbocycles. The van der Waals surface area contributed by atoms with Crippen molar-refractivity contribution in [3.8, 4) is 0 Å². The zero-order valence-electron chi connectivity index (χ0n) is 18.1. The number of fused-ring (bicyclic) bond motifs is 1. The van der Waals surface area contributed by atoms with E-state index in [1.165, 1.54) is 28.8 Å². The topological polar surface area (TPSA) is 133 Å². The number of aromatic nitrogens is 4. The molecular formula is C21H25ClN6O4S. The minimum atomic E-state index is -3.80. The summed E-state index contributed by atoms with van der Waals surface area (Å²) in [6, 6.07) is 4.17.